The zero-order valence-electron chi connectivity index (χ0n) is 17.3. The third kappa shape index (κ3) is 6.29. The van der Waals surface area contributed by atoms with Crippen molar-refractivity contribution in [2.75, 3.05) is 26.2 Å². The molecule has 28 heavy (non-hydrogen) atoms. The van der Waals surface area contributed by atoms with E-state index in [9.17, 15) is 0 Å². The first-order valence-corrected chi connectivity index (χ1v) is 12.1. The van der Waals surface area contributed by atoms with E-state index in [0.29, 0.717) is 5.92 Å². The maximum Gasteiger partial charge on any atom is 0.191 e. The van der Waals surface area contributed by atoms with Crippen LogP contribution in [0, 0.1) is 12.8 Å². The van der Waals surface area contributed by atoms with Crippen molar-refractivity contribution in [1.29, 1.82) is 0 Å². The number of hydrogen-bond donors (Lipinski definition) is 2. The predicted octanol–water partition coefficient (Wildman–Crippen LogP) is 4.04. The van der Waals surface area contributed by atoms with E-state index < -0.39 is 0 Å². The molecule has 1 saturated heterocycles. The first-order valence-electron chi connectivity index (χ1n) is 10.4. The SMILES string of the molecule is CCNC(=NCc1sccc1C)NCC1CCN(Cc2csc(CC)n2)CC1. The summed E-state index contributed by atoms with van der Waals surface area (Å²) in [5.74, 6) is 1.65. The third-order valence-electron chi connectivity index (χ3n) is 5.25. The van der Waals surface area contributed by atoms with Gasteiger partial charge in [-0.3, -0.25) is 4.90 Å². The molecule has 2 N–H and O–H groups in total. The van der Waals surface area contributed by atoms with Crippen molar-refractivity contribution in [3.63, 3.8) is 0 Å². The summed E-state index contributed by atoms with van der Waals surface area (Å²) in [4.78, 5) is 13.4. The fraction of sp³-hybridized carbons (Fsp3) is 0.619. The summed E-state index contributed by atoms with van der Waals surface area (Å²) in [7, 11) is 0. The van der Waals surface area contributed by atoms with Crippen LogP contribution in [0.2, 0.25) is 0 Å². The van der Waals surface area contributed by atoms with Crippen LogP contribution >= 0.6 is 22.7 Å². The Labute approximate surface area is 177 Å². The third-order valence-corrected chi connectivity index (χ3v) is 7.30. The van der Waals surface area contributed by atoms with Gasteiger partial charge in [-0.1, -0.05) is 6.92 Å². The van der Waals surface area contributed by atoms with Crippen LogP contribution in [0.25, 0.3) is 0 Å². The molecule has 154 valence electrons. The molecule has 1 aliphatic heterocycles. The largest absolute Gasteiger partial charge is 0.357 e. The summed E-state index contributed by atoms with van der Waals surface area (Å²) in [6.07, 6.45) is 3.52. The molecule has 0 atom stereocenters. The van der Waals surface area contributed by atoms with Gasteiger partial charge < -0.3 is 10.6 Å². The van der Waals surface area contributed by atoms with Crippen LogP contribution in [0.1, 0.15) is 47.8 Å². The molecule has 0 bridgehead atoms. The number of aryl methyl sites for hydroxylation is 2. The molecular formula is C21H33N5S2. The topological polar surface area (TPSA) is 52.6 Å². The van der Waals surface area contributed by atoms with Gasteiger partial charge in [-0.25, -0.2) is 9.98 Å². The standard InChI is InChI=1S/C21H33N5S2/c1-4-20-25-18(15-28-20)14-26-9-6-17(7-10-26)12-23-21(22-5-2)24-13-19-16(3)8-11-27-19/h8,11,15,17H,4-7,9-10,12-14H2,1-3H3,(H2,22,23,24). The van der Waals surface area contributed by atoms with E-state index in [4.69, 9.17) is 9.98 Å². The van der Waals surface area contributed by atoms with E-state index in [1.807, 2.05) is 0 Å². The van der Waals surface area contributed by atoms with E-state index in [2.05, 4.69) is 53.1 Å². The number of likely N-dealkylation sites (tertiary alicyclic amines) is 1. The van der Waals surface area contributed by atoms with E-state index in [-0.39, 0.29) is 0 Å². The first kappa shape index (κ1) is 21.3. The Hall–Kier alpha value is -1.44. The molecule has 0 saturated carbocycles. The zero-order valence-corrected chi connectivity index (χ0v) is 19.0. The quantitative estimate of drug-likeness (QED) is 0.501. The Bertz CT molecular complexity index is 744. The number of thiophene rings is 1. The number of aromatic nitrogens is 1. The molecule has 0 radical (unpaired) electrons. The van der Waals surface area contributed by atoms with Gasteiger partial charge in [-0.05, 0) is 69.1 Å². The lowest BCUT2D eigenvalue weighted by Crippen LogP contribution is -2.42. The van der Waals surface area contributed by atoms with Crippen LogP contribution in [-0.2, 0) is 19.5 Å². The Morgan fingerprint density at radius 3 is 2.71 bits per heavy atom. The van der Waals surface area contributed by atoms with Crippen molar-refractivity contribution in [3.05, 3.63) is 38.0 Å². The van der Waals surface area contributed by atoms with Crippen LogP contribution < -0.4 is 10.6 Å². The van der Waals surface area contributed by atoms with Gasteiger partial charge >= 0.3 is 0 Å². The molecule has 7 heteroatoms. The summed E-state index contributed by atoms with van der Waals surface area (Å²) in [5, 5.41) is 12.6. The van der Waals surface area contributed by atoms with Crippen molar-refractivity contribution < 1.29 is 0 Å². The second kappa shape index (κ2) is 10.9. The Balaban J connectivity index is 1.42. The van der Waals surface area contributed by atoms with Crippen LogP contribution in [0.5, 0.6) is 0 Å². The van der Waals surface area contributed by atoms with Gasteiger partial charge in [-0.15, -0.1) is 22.7 Å². The normalized spacial score (nSPS) is 16.5. The van der Waals surface area contributed by atoms with Crippen molar-refractivity contribution in [2.24, 2.45) is 10.9 Å². The molecule has 0 aromatic carbocycles. The van der Waals surface area contributed by atoms with E-state index >= 15 is 0 Å². The molecule has 3 rings (SSSR count). The highest BCUT2D eigenvalue weighted by Crippen LogP contribution is 2.20. The summed E-state index contributed by atoms with van der Waals surface area (Å²) in [6, 6.07) is 2.17. The second-order valence-electron chi connectivity index (χ2n) is 7.41. The highest BCUT2D eigenvalue weighted by molar-refractivity contribution is 7.10. The van der Waals surface area contributed by atoms with Gasteiger partial charge in [0, 0.05) is 29.9 Å². The van der Waals surface area contributed by atoms with Gasteiger partial charge in [-0.2, -0.15) is 0 Å². The lowest BCUT2D eigenvalue weighted by Gasteiger charge is -2.31. The van der Waals surface area contributed by atoms with Crippen molar-refractivity contribution in [1.82, 2.24) is 20.5 Å². The molecule has 0 amide bonds. The number of piperidine rings is 1. The van der Waals surface area contributed by atoms with Crippen LogP contribution in [-0.4, -0.2) is 42.0 Å². The number of nitrogens with zero attached hydrogens (tertiary/aromatic N) is 3. The van der Waals surface area contributed by atoms with Crippen molar-refractivity contribution in [3.8, 4) is 0 Å². The maximum atomic E-state index is 4.77. The van der Waals surface area contributed by atoms with E-state index in [0.717, 1.165) is 51.6 Å². The molecule has 0 unspecified atom stereocenters. The summed E-state index contributed by atoms with van der Waals surface area (Å²) in [6.45, 7) is 12.4. The fourth-order valence-corrected chi connectivity index (χ4v) is 5.03. The fourth-order valence-electron chi connectivity index (χ4n) is 3.46. The minimum Gasteiger partial charge on any atom is -0.357 e. The molecule has 3 heterocycles. The van der Waals surface area contributed by atoms with Gasteiger partial charge in [0.1, 0.15) is 0 Å². The Morgan fingerprint density at radius 2 is 2.07 bits per heavy atom. The van der Waals surface area contributed by atoms with E-state index in [1.54, 1.807) is 22.7 Å². The predicted molar refractivity (Wildman–Crippen MR) is 121 cm³/mol. The lowest BCUT2D eigenvalue weighted by atomic mass is 9.97. The minimum absolute atomic E-state index is 0.713. The number of hydrogen-bond acceptors (Lipinski definition) is 5. The smallest absolute Gasteiger partial charge is 0.191 e. The summed E-state index contributed by atoms with van der Waals surface area (Å²) >= 11 is 3.58. The average molecular weight is 420 g/mol. The van der Waals surface area contributed by atoms with Crippen LogP contribution in [0.3, 0.4) is 0 Å². The van der Waals surface area contributed by atoms with Crippen molar-refractivity contribution in [2.45, 2.75) is 53.1 Å². The molecule has 2 aromatic heterocycles. The number of rotatable bonds is 8. The molecule has 0 aliphatic carbocycles. The molecule has 5 nitrogen and oxygen atoms in total. The van der Waals surface area contributed by atoms with Crippen LogP contribution in [0.15, 0.2) is 21.8 Å². The highest BCUT2D eigenvalue weighted by atomic mass is 32.1. The number of nitrogens with one attached hydrogen (secondary N) is 2. The summed E-state index contributed by atoms with van der Waals surface area (Å²) in [5.41, 5.74) is 2.58. The molecule has 1 aliphatic rings. The molecular weight excluding hydrogens is 386 g/mol. The van der Waals surface area contributed by atoms with Gasteiger partial charge in [0.05, 0.1) is 17.2 Å². The Morgan fingerprint density at radius 1 is 1.25 bits per heavy atom. The average Bonchev–Trinajstić information content (AvgIpc) is 3.33. The number of guanidine groups is 1. The van der Waals surface area contributed by atoms with E-state index in [1.165, 1.54) is 34.0 Å². The second-order valence-corrected chi connectivity index (χ2v) is 9.35. The molecule has 1 fully saturated rings. The maximum absolute atomic E-state index is 4.77. The number of thiazole rings is 1. The highest BCUT2D eigenvalue weighted by Gasteiger charge is 2.20. The summed E-state index contributed by atoms with van der Waals surface area (Å²) < 4.78 is 0. The minimum atomic E-state index is 0.713. The Kier molecular flexibility index (Phi) is 8.30. The number of aliphatic imine (C=N–C) groups is 1. The zero-order chi connectivity index (χ0) is 19.8. The van der Waals surface area contributed by atoms with Gasteiger partial charge in [0.2, 0.25) is 0 Å². The van der Waals surface area contributed by atoms with Gasteiger partial charge in [0.15, 0.2) is 5.96 Å². The monoisotopic (exact) mass is 419 g/mol. The molecule has 0 spiro atoms. The van der Waals surface area contributed by atoms with Crippen molar-refractivity contribution >= 4 is 28.6 Å². The lowest BCUT2D eigenvalue weighted by molar-refractivity contribution is 0.176. The van der Waals surface area contributed by atoms with Gasteiger partial charge in [0.25, 0.3) is 0 Å². The molecule has 2 aromatic rings. The van der Waals surface area contributed by atoms with Crippen LogP contribution in [0.4, 0.5) is 0 Å². The first-order chi connectivity index (χ1) is 13.7.